The maximum Gasteiger partial charge on any atom is 0.165 e. The van der Waals surface area contributed by atoms with Crippen LogP contribution < -0.4 is 10.1 Å². The van der Waals surface area contributed by atoms with Crippen molar-refractivity contribution >= 4 is 5.78 Å². The summed E-state index contributed by atoms with van der Waals surface area (Å²) in [7, 11) is 1.41. The summed E-state index contributed by atoms with van der Waals surface area (Å²) >= 11 is 0. The van der Waals surface area contributed by atoms with Crippen LogP contribution >= 0.6 is 0 Å². The van der Waals surface area contributed by atoms with Crippen molar-refractivity contribution in [3.05, 3.63) is 29.6 Å². The zero-order valence-electron chi connectivity index (χ0n) is 11.2. The third-order valence-electron chi connectivity index (χ3n) is 3.65. The third kappa shape index (κ3) is 3.77. The Labute approximate surface area is 113 Å². The molecule has 0 amide bonds. The second kappa shape index (κ2) is 6.66. The van der Waals surface area contributed by atoms with E-state index in [1.807, 2.05) is 0 Å². The van der Waals surface area contributed by atoms with Crippen LogP contribution in [0, 0.1) is 11.7 Å². The summed E-state index contributed by atoms with van der Waals surface area (Å²) in [6.07, 6.45) is 3.71. The number of hydrogen-bond donors (Lipinski definition) is 1. The number of hydrogen-bond acceptors (Lipinski definition) is 3. The van der Waals surface area contributed by atoms with Gasteiger partial charge in [-0.05, 0) is 56.5 Å². The Morgan fingerprint density at radius 1 is 1.53 bits per heavy atom. The minimum atomic E-state index is -0.479. The number of carbonyl (C=O) groups is 1. The smallest absolute Gasteiger partial charge is 0.165 e. The van der Waals surface area contributed by atoms with Crippen LogP contribution in [0.5, 0.6) is 5.75 Å². The van der Waals surface area contributed by atoms with Gasteiger partial charge in [0.25, 0.3) is 0 Å². The number of ketones is 1. The predicted octanol–water partition coefficient (Wildman–Crippen LogP) is 2.80. The first kappa shape index (κ1) is 14.0. The molecule has 1 heterocycles. The average Bonchev–Trinajstić information content (AvgIpc) is 2.45. The monoisotopic (exact) mass is 265 g/mol. The van der Waals surface area contributed by atoms with Crippen LogP contribution in [0.1, 0.15) is 36.0 Å². The number of carbonyl (C=O) groups excluding carboxylic acids is 1. The molecule has 1 aliphatic rings. The van der Waals surface area contributed by atoms with E-state index < -0.39 is 5.82 Å². The van der Waals surface area contributed by atoms with Gasteiger partial charge in [-0.3, -0.25) is 4.79 Å². The zero-order valence-corrected chi connectivity index (χ0v) is 11.2. The fourth-order valence-electron chi connectivity index (χ4n) is 2.49. The Bertz CT molecular complexity index is 442. The first-order valence-corrected chi connectivity index (χ1v) is 6.78. The molecule has 1 aromatic carbocycles. The fourth-order valence-corrected chi connectivity index (χ4v) is 2.49. The summed E-state index contributed by atoms with van der Waals surface area (Å²) in [5.41, 5.74) is 0.432. The molecule has 19 heavy (non-hydrogen) atoms. The highest BCUT2D eigenvalue weighted by Crippen LogP contribution is 2.21. The SMILES string of the molecule is COc1ccc(C(=O)CCC2CCCNC2)cc1F. The van der Waals surface area contributed by atoms with Crippen molar-refractivity contribution in [2.24, 2.45) is 5.92 Å². The topological polar surface area (TPSA) is 38.3 Å². The van der Waals surface area contributed by atoms with E-state index in [1.54, 1.807) is 6.07 Å². The number of Topliss-reactive ketones (excluding diaryl/α,β-unsaturated/α-hetero) is 1. The fraction of sp³-hybridized carbons (Fsp3) is 0.533. The summed E-state index contributed by atoms with van der Waals surface area (Å²) in [4.78, 5) is 12.0. The number of ether oxygens (including phenoxy) is 1. The first-order valence-electron chi connectivity index (χ1n) is 6.78. The molecular weight excluding hydrogens is 245 g/mol. The van der Waals surface area contributed by atoms with Gasteiger partial charge in [0.15, 0.2) is 17.3 Å². The van der Waals surface area contributed by atoms with E-state index in [4.69, 9.17) is 4.74 Å². The van der Waals surface area contributed by atoms with Crippen molar-refractivity contribution in [1.82, 2.24) is 5.32 Å². The van der Waals surface area contributed by atoms with E-state index in [2.05, 4.69) is 5.32 Å². The number of piperidine rings is 1. The van der Waals surface area contributed by atoms with Gasteiger partial charge in [-0.1, -0.05) is 0 Å². The van der Waals surface area contributed by atoms with E-state index in [1.165, 1.54) is 32.1 Å². The van der Waals surface area contributed by atoms with Crippen LogP contribution in [0.15, 0.2) is 18.2 Å². The minimum Gasteiger partial charge on any atom is -0.494 e. The Hall–Kier alpha value is -1.42. The lowest BCUT2D eigenvalue weighted by Gasteiger charge is -2.22. The normalized spacial score (nSPS) is 19.2. The number of benzene rings is 1. The molecule has 0 bridgehead atoms. The summed E-state index contributed by atoms with van der Waals surface area (Å²) in [5.74, 6) is 0.272. The Kier molecular flexibility index (Phi) is 4.91. The van der Waals surface area contributed by atoms with E-state index in [-0.39, 0.29) is 11.5 Å². The van der Waals surface area contributed by atoms with Crippen molar-refractivity contribution in [1.29, 1.82) is 0 Å². The second-order valence-electron chi connectivity index (χ2n) is 5.02. The Balaban J connectivity index is 1.90. The molecule has 4 heteroatoms. The van der Waals surface area contributed by atoms with Crippen molar-refractivity contribution in [3.8, 4) is 5.75 Å². The molecule has 0 aliphatic carbocycles. The van der Waals surface area contributed by atoms with Crippen LogP contribution in [-0.4, -0.2) is 26.0 Å². The van der Waals surface area contributed by atoms with Crippen LogP contribution in [-0.2, 0) is 0 Å². The van der Waals surface area contributed by atoms with Gasteiger partial charge < -0.3 is 10.1 Å². The van der Waals surface area contributed by atoms with Crippen LogP contribution in [0.25, 0.3) is 0 Å². The summed E-state index contributed by atoms with van der Waals surface area (Å²) in [5, 5.41) is 3.33. The lowest BCUT2D eigenvalue weighted by molar-refractivity contribution is 0.0971. The van der Waals surface area contributed by atoms with Gasteiger partial charge in [0.2, 0.25) is 0 Å². The minimum absolute atomic E-state index is 0.00660. The molecule has 1 aliphatic heterocycles. The molecule has 0 radical (unpaired) electrons. The molecule has 0 saturated carbocycles. The molecule has 3 nitrogen and oxygen atoms in total. The van der Waals surface area contributed by atoms with Crippen molar-refractivity contribution in [2.45, 2.75) is 25.7 Å². The standard InChI is InChI=1S/C15H20FNO2/c1-19-15-7-5-12(9-13(15)16)14(18)6-4-11-3-2-8-17-10-11/h5,7,9,11,17H,2-4,6,8,10H2,1H3. The molecular formula is C15H20FNO2. The number of nitrogens with one attached hydrogen (secondary N) is 1. The molecule has 1 saturated heterocycles. The van der Waals surface area contributed by atoms with Crippen molar-refractivity contribution < 1.29 is 13.9 Å². The zero-order chi connectivity index (χ0) is 13.7. The largest absolute Gasteiger partial charge is 0.494 e. The third-order valence-corrected chi connectivity index (χ3v) is 3.65. The molecule has 1 atom stereocenters. The van der Waals surface area contributed by atoms with Crippen LogP contribution in [0.4, 0.5) is 4.39 Å². The van der Waals surface area contributed by atoms with Gasteiger partial charge in [-0.2, -0.15) is 0 Å². The summed E-state index contributed by atoms with van der Waals surface area (Å²) in [6, 6.07) is 4.40. The average molecular weight is 265 g/mol. The summed E-state index contributed by atoms with van der Waals surface area (Å²) in [6.45, 7) is 2.07. The molecule has 0 aromatic heterocycles. The molecule has 1 N–H and O–H groups in total. The number of halogens is 1. The van der Waals surface area contributed by atoms with E-state index >= 15 is 0 Å². The first-order chi connectivity index (χ1) is 9.20. The molecule has 0 spiro atoms. The molecule has 1 unspecified atom stereocenters. The highest BCUT2D eigenvalue weighted by Gasteiger charge is 2.16. The molecule has 1 fully saturated rings. The number of methoxy groups -OCH3 is 1. The quantitative estimate of drug-likeness (QED) is 0.832. The van der Waals surface area contributed by atoms with Gasteiger partial charge in [-0.25, -0.2) is 4.39 Å². The summed E-state index contributed by atoms with van der Waals surface area (Å²) < 4.78 is 18.4. The highest BCUT2D eigenvalue weighted by molar-refractivity contribution is 5.96. The second-order valence-corrected chi connectivity index (χ2v) is 5.02. The van der Waals surface area contributed by atoms with Crippen molar-refractivity contribution in [2.75, 3.05) is 20.2 Å². The molecule has 2 rings (SSSR count). The Morgan fingerprint density at radius 3 is 3.00 bits per heavy atom. The lowest BCUT2D eigenvalue weighted by atomic mass is 9.92. The van der Waals surface area contributed by atoms with E-state index in [0.717, 1.165) is 19.5 Å². The predicted molar refractivity (Wildman–Crippen MR) is 72.1 cm³/mol. The van der Waals surface area contributed by atoms with Gasteiger partial charge in [0.05, 0.1) is 7.11 Å². The van der Waals surface area contributed by atoms with Gasteiger partial charge in [0.1, 0.15) is 0 Å². The van der Waals surface area contributed by atoms with Crippen LogP contribution in [0.3, 0.4) is 0 Å². The van der Waals surface area contributed by atoms with Crippen molar-refractivity contribution in [3.63, 3.8) is 0 Å². The van der Waals surface area contributed by atoms with E-state index in [0.29, 0.717) is 17.9 Å². The molecule has 1 aromatic rings. The maximum absolute atomic E-state index is 13.5. The van der Waals surface area contributed by atoms with Gasteiger partial charge >= 0.3 is 0 Å². The Morgan fingerprint density at radius 2 is 2.37 bits per heavy atom. The molecule has 104 valence electrons. The lowest BCUT2D eigenvalue weighted by Crippen LogP contribution is -2.30. The highest BCUT2D eigenvalue weighted by atomic mass is 19.1. The maximum atomic E-state index is 13.5. The van der Waals surface area contributed by atoms with Gasteiger partial charge in [-0.15, -0.1) is 0 Å². The number of rotatable bonds is 5. The van der Waals surface area contributed by atoms with E-state index in [9.17, 15) is 9.18 Å². The van der Waals surface area contributed by atoms with Gasteiger partial charge in [0, 0.05) is 12.0 Å². The van der Waals surface area contributed by atoms with Crippen LogP contribution in [0.2, 0.25) is 0 Å².